The first kappa shape index (κ1) is 6.99. The van der Waals surface area contributed by atoms with Gasteiger partial charge < -0.3 is 4.57 Å². The number of hydrogen-bond acceptors (Lipinski definition) is 2. The van der Waals surface area contributed by atoms with E-state index in [-0.39, 0.29) is 0 Å². The molecule has 3 heteroatoms. The van der Waals surface area contributed by atoms with E-state index in [9.17, 15) is 4.79 Å². The molecule has 0 fully saturated rings. The van der Waals surface area contributed by atoms with Crippen LogP contribution in [-0.4, -0.2) is 15.8 Å². The molecule has 10 heavy (non-hydrogen) atoms. The first-order valence-corrected chi connectivity index (χ1v) is 3.33. The minimum atomic E-state index is 0.508. The van der Waals surface area contributed by atoms with Crippen molar-refractivity contribution < 1.29 is 4.79 Å². The van der Waals surface area contributed by atoms with E-state index in [1.165, 1.54) is 0 Å². The molecule has 1 rings (SSSR count). The minimum absolute atomic E-state index is 0.508. The predicted octanol–water partition coefficient (Wildman–Crippen LogP) is 1.11. The predicted molar refractivity (Wildman–Crippen MR) is 37.9 cm³/mol. The third kappa shape index (κ3) is 1.43. The number of aromatic nitrogens is 2. The van der Waals surface area contributed by atoms with Crippen LogP contribution < -0.4 is 0 Å². The van der Waals surface area contributed by atoms with Gasteiger partial charge in [-0.05, 0) is 6.42 Å². The Morgan fingerprint density at radius 2 is 2.60 bits per heavy atom. The quantitative estimate of drug-likeness (QED) is 0.586. The molecule has 0 bridgehead atoms. The SMILES string of the molecule is CCCn1cnc(C=O)c1. The van der Waals surface area contributed by atoms with E-state index in [0.717, 1.165) is 19.3 Å². The second kappa shape index (κ2) is 3.15. The van der Waals surface area contributed by atoms with Gasteiger partial charge in [0.2, 0.25) is 0 Å². The van der Waals surface area contributed by atoms with Gasteiger partial charge in [0.25, 0.3) is 0 Å². The van der Waals surface area contributed by atoms with Crippen molar-refractivity contribution in [3.8, 4) is 0 Å². The lowest BCUT2D eigenvalue weighted by Crippen LogP contribution is -1.90. The molecule has 0 aromatic carbocycles. The summed E-state index contributed by atoms with van der Waals surface area (Å²) >= 11 is 0. The van der Waals surface area contributed by atoms with Crippen molar-refractivity contribution in [1.82, 2.24) is 9.55 Å². The van der Waals surface area contributed by atoms with Crippen LogP contribution in [0.15, 0.2) is 12.5 Å². The van der Waals surface area contributed by atoms with E-state index < -0.39 is 0 Å². The molecule has 0 N–H and O–H groups in total. The fraction of sp³-hybridized carbons (Fsp3) is 0.429. The summed E-state index contributed by atoms with van der Waals surface area (Å²) in [7, 11) is 0. The van der Waals surface area contributed by atoms with E-state index >= 15 is 0 Å². The molecule has 0 aliphatic heterocycles. The van der Waals surface area contributed by atoms with E-state index in [2.05, 4.69) is 11.9 Å². The van der Waals surface area contributed by atoms with Crippen LogP contribution in [0.2, 0.25) is 0 Å². The van der Waals surface area contributed by atoms with Gasteiger partial charge >= 0.3 is 0 Å². The van der Waals surface area contributed by atoms with Crippen LogP contribution in [0.4, 0.5) is 0 Å². The first-order valence-electron chi connectivity index (χ1n) is 3.33. The van der Waals surface area contributed by atoms with Crippen LogP contribution in [0, 0.1) is 0 Å². The molecule has 1 aromatic rings. The van der Waals surface area contributed by atoms with Crippen molar-refractivity contribution >= 4 is 6.29 Å². The molecule has 54 valence electrons. The Bertz CT molecular complexity index is 217. The van der Waals surface area contributed by atoms with Crippen molar-refractivity contribution in [3.05, 3.63) is 18.2 Å². The van der Waals surface area contributed by atoms with Crippen LogP contribution in [0.1, 0.15) is 23.8 Å². The summed E-state index contributed by atoms with van der Waals surface area (Å²) in [6.45, 7) is 3.02. The minimum Gasteiger partial charge on any atom is -0.337 e. The number of carbonyl (C=O) groups excluding carboxylic acids is 1. The number of rotatable bonds is 3. The molecular weight excluding hydrogens is 128 g/mol. The van der Waals surface area contributed by atoms with Crippen molar-refractivity contribution in [2.75, 3.05) is 0 Å². The molecule has 1 aromatic heterocycles. The van der Waals surface area contributed by atoms with Gasteiger partial charge in [0.05, 0.1) is 6.33 Å². The normalized spacial score (nSPS) is 9.70. The Hall–Kier alpha value is -1.12. The van der Waals surface area contributed by atoms with E-state index in [1.54, 1.807) is 12.5 Å². The number of aldehydes is 1. The maximum Gasteiger partial charge on any atom is 0.169 e. The van der Waals surface area contributed by atoms with Gasteiger partial charge in [0.1, 0.15) is 5.69 Å². The van der Waals surface area contributed by atoms with Crippen molar-refractivity contribution in [2.24, 2.45) is 0 Å². The maximum absolute atomic E-state index is 10.1. The maximum atomic E-state index is 10.1. The number of imidazole rings is 1. The van der Waals surface area contributed by atoms with Crippen LogP contribution in [0.3, 0.4) is 0 Å². The summed E-state index contributed by atoms with van der Waals surface area (Å²) < 4.78 is 1.91. The molecular formula is C7H10N2O. The molecule has 0 saturated heterocycles. The third-order valence-electron chi connectivity index (χ3n) is 1.26. The highest BCUT2D eigenvalue weighted by atomic mass is 16.1. The molecule has 3 nitrogen and oxygen atoms in total. The molecule has 0 saturated carbocycles. The zero-order valence-electron chi connectivity index (χ0n) is 5.95. The summed E-state index contributed by atoms with van der Waals surface area (Å²) in [5.41, 5.74) is 0.508. The third-order valence-corrected chi connectivity index (χ3v) is 1.26. The number of carbonyl (C=O) groups is 1. The van der Waals surface area contributed by atoms with Crippen LogP contribution in [0.5, 0.6) is 0 Å². The van der Waals surface area contributed by atoms with Gasteiger partial charge in [0, 0.05) is 12.7 Å². The molecule has 0 unspecified atom stereocenters. The topological polar surface area (TPSA) is 34.9 Å². The fourth-order valence-electron chi connectivity index (χ4n) is 0.819. The zero-order valence-corrected chi connectivity index (χ0v) is 5.95. The lowest BCUT2D eigenvalue weighted by molar-refractivity contribution is 0.111. The highest BCUT2D eigenvalue weighted by Gasteiger charge is 1.93. The molecule has 0 radical (unpaired) electrons. The molecule has 0 amide bonds. The van der Waals surface area contributed by atoms with E-state index in [0.29, 0.717) is 5.69 Å². The number of aryl methyl sites for hydroxylation is 1. The molecule has 0 atom stereocenters. The number of nitrogens with zero attached hydrogens (tertiary/aromatic N) is 2. The summed E-state index contributed by atoms with van der Waals surface area (Å²) in [6, 6.07) is 0. The van der Waals surface area contributed by atoms with Crippen LogP contribution in [0.25, 0.3) is 0 Å². The van der Waals surface area contributed by atoms with Crippen molar-refractivity contribution in [2.45, 2.75) is 19.9 Å². The smallest absolute Gasteiger partial charge is 0.169 e. The van der Waals surface area contributed by atoms with E-state index in [4.69, 9.17) is 0 Å². The van der Waals surface area contributed by atoms with Gasteiger partial charge in [-0.25, -0.2) is 4.98 Å². The summed E-state index contributed by atoms with van der Waals surface area (Å²) in [5.74, 6) is 0. The van der Waals surface area contributed by atoms with Crippen molar-refractivity contribution in [3.63, 3.8) is 0 Å². The Morgan fingerprint density at radius 3 is 3.10 bits per heavy atom. The Balaban J connectivity index is 2.68. The lowest BCUT2D eigenvalue weighted by Gasteiger charge is -1.93. The second-order valence-electron chi connectivity index (χ2n) is 2.15. The van der Waals surface area contributed by atoms with Gasteiger partial charge in [0.15, 0.2) is 6.29 Å². The average molecular weight is 138 g/mol. The first-order chi connectivity index (χ1) is 4.86. The Kier molecular flexibility index (Phi) is 2.20. The van der Waals surface area contributed by atoms with Gasteiger partial charge in [-0.2, -0.15) is 0 Å². The van der Waals surface area contributed by atoms with Gasteiger partial charge in [-0.1, -0.05) is 6.92 Å². The second-order valence-corrected chi connectivity index (χ2v) is 2.15. The summed E-state index contributed by atoms with van der Waals surface area (Å²) in [6.07, 6.45) is 5.24. The molecule has 1 heterocycles. The van der Waals surface area contributed by atoms with Crippen LogP contribution >= 0.6 is 0 Å². The van der Waals surface area contributed by atoms with E-state index in [1.807, 2.05) is 4.57 Å². The Labute approximate surface area is 59.7 Å². The molecule has 0 aliphatic carbocycles. The van der Waals surface area contributed by atoms with Crippen molar-refractivity contribution in [1.29, 1.82) is 0 Å². The monoisotopic (exact) mass is 138 g/mol. The lowest BCUT2D eigenvalue weighted by atomic mass is 10.5. The highest BCUT2D eigenvalue weighted by molar-refractivity contribution is 5.70. The number of hydrogen-bond donors (Lipinski definition) is 0. The molecule has 0 aliphatic rings. The van der Waals surface area contributed by atoms with Crippen LogP contribution in [-0.2, 0) is 6.54 Å². The summed E-state index contributed by atoms with van der Waals surface area (Å²) in [4.78, 5) is 14.0. The largest absolute Gasteiger partial charge is 0.337 e. The standard InChI is InChI=1S/C7H10N2O/c1-2-3-9-4-7(5-10)8-6-9/h4-6H,2-3H2,1H3. The zero-order chi connectivity index (χ0) is 7.40. The summed E-state index contributed by atoms with van der Waals surface area (Å²) in [5, 5.41) is 0. The molecule has 0 spiro atoms. The Morgan fingerprint density at radius 1 is 1.80 bits per heavy atom. The van der Waals surface area contributed by atoms with Gasteiger partial charge in [-0.15, -0.1) is 0 Å². The average Bonchev–Trinajstić information content (AvgIpc) is 2.37. The highest BCUT2D eigenvalue weighted by Crippen LogP contribution is 1.93. The van der Waals surface area contributed by atoms with Gasteiger partial charge in [-0.3, -0.25) is 4.79 Å². The fourth-order valence-corrected chi connectivity index (χ4v) is 0.819.